The lowest BCUT2D eigenvalue weighted by Crippen LogP contribution is -2.47. The first-order valence-electron chi connectivity index (χ1n) is 12.7. The largest absolute Gasteiger partial charge is 0.465 e. The number of amides is 1. The maximum atomic E-state index is 14.2. The lowest BCUT2D eigenvalue weighted by molar-refractivity contribution is -0.124. The number of methoxy groups -OCH3 is 1. The number of nitrogens with zero attached hydrogens (tertiary/aromatic N) is 3. The minimum absolute atomic E-state index is 0.146. The number of carbonyl (C=O) groups is 2. The van der Waals surface area contributed by atoms with Gasteiger partial charge < -0.3 is 4.74 Å². The summed E-state index contributed by atoms with van der Waals surface area (Å²) >= 11 is 0. The number of aromatic nitrogens is 1. The standard InChI is InChI=1S/C31H29N3O3/c1-21-6-5-15-32-27(21)20-33-16-13-31(14-17-33)26-7-3-4-8-28(26)34(30(31)36)25-12-11-22-18-24(29(35)37-2)10-9-23(22)19-25/h3-12,15,18-19H,13-14,16-17,20H2,1-2H3. The first-order valence-corrected chi connectivity index (χ1v) is 12.7. The molecule has 6 nitrogen and oxygen atoms in total. The minimum atomic E-state index is -0.518. The molecule has 3 aromatic carbocycles. The van der Waals surface area contributed by atoms with E-state index in [9.17, 15) is 9.59 Å². The van der Waals surface area contributed by atoms with Crippen LogP contribution in [0.1, 0.15) is 40.0 Å². The van der Waals surface area contributed by atoms with Crippen molar-refractivity contribution in [3.05, 3.63) is 101 Å². The molecule has 3 heterocycles. The Labute approximate surface area is 216 Å². The smallest absolute Gasteiger partial charge is 0.337 e. The SMILES string of the molecule is COC(=O)c1ccc2cc(N3C(=O)C4(CCN(Cc5ncccc5C)CC4)c4ccccc43)ccc2c1. The van der Waals surface area contributed by atoms with Crippen molar-refractivity contribution in [1.82, 2.24) is 9.88 Å². The number of pyridine rings is 1. The molecule has 0 bridgehead atoms. The van der Waals surface area contributed by atoms with Gasteiger partial charge in [0, 0.05) is 18.4 Å². The Hall–Kier alpha value is -4.03. The van der Waals surface area contributed by atoms with Crippen LogP contribution in [0.15, 0.2) is 79.0 Å². The summed E-state index contributed by atoms with van der Waals surface area (Å²) in [7, 11) is 1.38. The lowest BCUT2D eigenvalue weighted by Gasteiger charge is -2.38. The molecule has 1 fully saturated rings. The van der Waals surface area contributed by atoms with Gasteiger partial charge in [0.1, 0.15) is 0 Å². The molecule has 0 atom stereocenters. The van der Waals surface area contributed by atoms with Crippen LogP contribution >= 0.6 is 0 Å². The maximum Gasteiger partial charge on any atom is 0.337 e. The molecule has 0 unspecified atom stereocenters. The molecule has 37 heavy (non-hydrogen) atoms. The van der Waals surface area contributed by atoms with Gasteiger partial charge in [-0.15, -0.1) is 0 Å². The topological polar surface area (TPSA) is 62.7 Å². The van der Waals surface area contributed by atoms with Crippen molar-refractivity contribution < 1.29 is 14.3 Å². The molecule has 2 aliphatic heterocycles. The second-order valence-electron chi connectivity index (χ2n) is 10.0. The van der Waals surface area contributed by atoms with Crippen LogP contribution in [0.25, 0.3) is 10.8 Å². The third-order valence-corrected chi connectivity index (χ3v) is 7.98. The van der Waals surface area contributed by atoms with Gasteiger partial charge in [-0.3, -0.25) is 19.6 Å². The number of piperidine rings is 1. The Kier molecular flexibility index (Phi) is 5.76. The Morgan fingerprint density at radius 2 is 1.73 bits per heavy atom. The predicted octanol–water partition coefficient (Wildman–Crippen LogP) is 5.54. The summed E-state index contributed by atoms with van der Waals surface area (Å²) in [5.41, 5.74) is 5.23. The second kappa shape index (κ2) is 9.12. The number of para-hydroxylation sites is 1. The molecule has 0 N–H and O–H groups in total. The van der Waals surface area contributed by atoms with Crippen LogP contribution < -0.4 is 4.90 Å². The third kappa shape index (κ3) is 3.89. The first-order chi connectivity index (χ1) is 18.0. The van der Waals surface area contributed by atoms with Gasteiger partial charge in [-0.2, -0.15) is 0 Å². The Balaban J connectivity index is 1.30. The normalized spacial score (nSPS) is 16.8. The minimum Gasteiger partial charge on any atom is -0.465 e. The molecule has 1 amide bonds. The summed E-state index contributed by atoms with van der Waals surface area (Å²) in [6, 6.07) is 23.7. The molecule has 4 aromatic rings. The van der Waals surface area contributed by atoms with Crippen molar-refractivity contribution >= 4 is 34.0 Å². The van der Waals surface area contributed by atoms with Crippen LogP contribution in [0.5, 0.6) is 0 Å². The number of esters is 1. The number of ether oxygens (including phenoxy) is 1. The number of fused-ring (bicyclic) bond motifs is 3. The van der Waals surface area contributed by atoms with E-state index >= 15 is 0 Å². The van der Waals surface area contributed by atoms with Crippen molar-refractivity contribution in [3.63, 3.8) is 0 Å². The highest BCUT2D eigenvalue weighted by molar-refractivity contribution is 6.14. The quantitative estimate of drug-likeness (QED) is 0.351. The number of hydrogen-bond donors (Lipinski definition) is 0. The van der Waals surface area contributed by atoms with Gasteiger partial charge in [0.2, 0.25) is 5.91 Å². The molecule has 0 radical (unpaired) electrons. The van der Waals surface area contributed by atoms with Crippen LogP contribution in [0.2, 0.25) is 0 Å². The molecule has 0 saturated carbocycles. The van der Waals surface area contributed by atoms with Gasteiger partial charge >= 0.3 is 5.97 Å². The Morgan fingerprint density at radius 3 is 2.51 bits per heavy atom. The van der Waals surface area contributed by atoms with E-state index in [1.54, 1.807) is 6.07 Å². The fourth-order valence-corrected chi connectivity index (χ4v) is 5.86. The second-order valence-corrected chi connectivity index (χ2v) is 10.0. The Morgan fingerprint density at radius 1 is 0.973 bits per heavy atom. The highest BCUT2D eigenvalue weighted by Crippen LogP contribution is 2.50. The number of anilines is 2. The van der Waals surface area contributed by atoms with E-state index in [2.05, 4.69) is 35.0 Å². The van der Waals surface area contributed by atoms with Gasteiger partial charge in [-0.25, -0.2) is 4.79 Å². The average Bonchev–Trinajstić information content (AvgIpc) is 3.17. The van der Waals surface area contributed by atoms with Gasteiger partial charge in [0.25, 0.3) is 0 Å². The summed E-state index contributed by atoms with van der Waals surface area (Å²) < 4.78 is 4.85. The highest BCUT2D eigenvalue weighted by atomic mass is 16.5. The van der Waals surface area contributed by atoms with Crippen molar-refractivity contribution in [2.75, 3.05) is 25.1 Å². The van der Waals surface area contributed by atoms with E-state index in [-0.39, 0.29) is 11.9 Å². The maximum absolute atomic E-state index is 14.2. The van der Waals surface area contributed by atoms with Gasteiger partial charge in [0.15, 0.2) is 0 Å². The summed E-state index contributed by atoms with van der Waals surface area (Å²) in [6.45, 7) is 4.60. The number of likely N-dealkylation sites (tertiary alicyclic amines) is 1. The fourth-order valence-electron chi connectivity index (χ4n) is 5.86. The van der Waals surface area contributed by atoms with Crippen LogP contribution in [0.3, 0.4) is 0 Å². The average molecular weight is 492 g/mol. The van der Waals surface area contributed by atoms with Gasteiger partial charge in [0.05, 0.1) is 29.5 Å². The van der Waals surface area contributed by atoms with Crippen molar-refractivity contribution in [2.24, 2.45) is 0 Å². The first kappa shape index (κ1) is 23.4. The fraction of sp³-hybridized carbons (Fsp3) is 0.258. The predicted molar refractivity (Wildman–Crippen MR) is 144 cm³/mol. The van der Waals surface area contributed by atoms with Gasteiger partial charge in [-0.1, -0.05) is 36.4 Å². The van der Waals surface area contributed by atoms with E-state index in [4.69, 9.17) is 4.74 Å². The number of carbonyl (C=O) groups excluding carboxylic acids is 2. The van der Waals surface area contributed by atoms with Crippen LogP contribution in [0, 0.1) is 6.92 Å². The Bertz CT molecular complexity index is 1520. The van der Waals surface area contributed by atoms with Crippen molar-refractivity contribution in [1.29, 1.82) is 0 Å². The summed E-state index contributed by atoms with van der Waals surface area (Å²) in [6.07, 6.45) is 3.41. The number of hydrogen-bond acceptors (Lipinski definition) is 5. The summed E-state index contributed by atoms with van der Waals surface area (Å²) in [4.78, 5) is 35.0. The van der Waals surface area contributed by atoms with E-state index in [0.29, 0.717) is 5.56 Å². The summed E-state index contributed by atoms with van der Waals surface area (Å²) in [5.74, 6) is -0.214. The molecule has 0 aliphatic carbocycles. The van der Waals surface area contributed by atoms with Crippen LogP contribution in [-0.4, -0.2) is 42.0 Å². The zero-order valence-electron chi connectivity index (χ0n) is 21.1. The van der Waals surface area contributed by atoms with Crippen molar-refractivity contribution in [2.45, 2.75) is 31.7 Å². The molecule has 1 aromatic heterocycles. The molecular formula is C31H29N3O3. The van der Waals surface area contributed by atoms with E-state index in [0.717, 1.165) is 65.9 Å². The third-order valence-electron chi connectivity index (χ3n) is 7.98. The summed E-state index contributed by atoms with van der Waals surface area (Å²) in [5, 5.41) is 1.90. The molecule has 6 heteroatoms. The van der Waals surface area contributed by atoms with E-state index in [1.165, 1.54) is 12.7 Å². The monoisotopic (exact) mass is 491 g/mol. The zero-order valence-corrected chi connectivity index (χ0v) is 21.1. The van der Waals surface area contributed by atoms with E-state index < -0.39 is 5.41 Å². The number of aryl methyl sites for hydroxylation is 1. The zero-order chi connectivity index (χ0) is 25.6. The van der Waals surface area contributed by atoms with Gasteiger partial charge in [-0.05, 0) is 91.2 Å². The lowest BCUT2D eigenvalue weighted by atomic mass is 9.73. The number of rotatable bonds is 4. The van der Waals surface area contributed by atoms with Crippen LogP contribution in [-0.2, 0) is 21.5 Å². The van der Waals surface area contributed by atoms with E-state index in [1.807, 2.05) is 59.6 Å². The van der Waals surface area contributed by atoms with Crippen LogP contribution in [0.4, 0.5) is 11.4 Å². The molecule has 2 aliphatic rings. The molecule has 6 rings (SSSR count). The van der Waals surface area contributed by atoms with Crippen molar-refractivity contribution in [3.8, 4) is 0 Å². The molecule has 1 spiro atoms. The molecular weight excluding hydrogens is 462 g/mol. The highest BCUT2D eigenvalue weighted by Gasteiger charge is 2.52. The molecule has 186 valence electrons. The molecule has 1 saturated heterocycles. The number of benzene rings is 3.